The minimum absolute atomic E-state index is 0.220. The minimum Gasteiger partial charge on any atom is -0.207 e. The Labute approximate surface area is 120 Å². The van der Waals surface area contributed by atoms with Crippen molar-refractivity contribution in [3.63, 3.8) is 0 Å². The van der Waals surface area contributed by atoms with Crippen LogP contribution in [0.3, 0.4) is 0 Å². The zero-order chi connectivity index (χ0) is 13.2. The molecule has 2 aromatic rings. The Morgan fingerprint density at radius 1 is 0.833 bits per heavy atom. The Morgan fingerprint density at radius 2 is 1.17 bits per heavy atom. The van der Waals surface area contributed by atoms with Crippen LogP contribution < -0.4 is 10.4 Å². The molecule has 0 aromatic heterocycles. The van der Waals surface area contributed by atoms with Crippen molar-refractivity contribution in [2.75, 3.05) is 4.05 Å². The fourth-order valence-electron chi connectivity index (χ4n) is 1.96. The van der Waals surface area contributed by atoms with Gasteiger partial charge in [-0.15, -0.1) is 0 Å². The van der Waals surface area contributed by atoms with Crippen molar-refractivity contribution in [3.05, 3.63) is 60.2 Å². The van der Waals surface area contributed by atoms with Crippen LogP contribution in [0, 0.1) is 11.6 Å². The maximum absolute atomic E-state index is 13.0. The first kappa shape index (κ1) is 13.7. The first-order valence-electron chi connectivity index (χ1n) is 5.64. The highest BCUT2D eigenvalue weighted by molar-refractivity contribution is 14.1. The second-order valence-electron chi connectivity index (χ2n) is 4.48. The van der Waals surface area contributed by atoms with Gasteiger partial charge >= 0.3 is 0 Å². The lowest BCUT2D eigenvalue weighted by molar-refractivity contribution is 0.628. The van der Waals surface area contributed by atoms with Crippen molar-refractivity contribution < 1.29 is 8.78 Å². The van der Waals surface area contributed by atoms with Gasteiger partial charge in [0.25, 0.3) is 0 Å². The Morgan fingerprint density at radius 3 is 1.44 bits per heavy atom. The third kappa shape index (κ3) is 2.64. The Kier molecular flexibility index (Phi) is 4.16. The maximum Gasteiger partial charge on any atom is 0.124 e. The SMILES string of the molecule is C[Si](CI)(c1ccc(F)cc1)c1ccc(F)cc1. The zero-order valence-corrected chi connectivity index (χ0v) is 13.1. The van der Waals surface area contributed by atoms with Crippen molar-refractivity contribution in [1.82, 2.24) is 0 Å². The number of rotatable bonds is 3. The molecule has 0 aliphatic rings. The fourth-order valence-corrected chi connectivity index (χ4v) is 7.05. The average molecular weight is 374 g/mol. The van der Waals surface area contributed by atoms with Gasteiger partial charge in [0.1, 0.15) is 19.7 Å². The molecule has 0 bridgehead atoms. The average Bonchev–Trinajstić information content (AvgIpc) is 2.39. The number of alkyl halides is 1. The molecule has 0 aliphatic carbocycles. The summed E-state index contributed by atoms with van der Waals surface area (Å²) in [6, 6.07) is 13.4. The molecule has 0 fully saturated rings. The molecule has 4 heteroatoms. The molecule has 0 N–H and O–H groups in total. The van der Waals surface area contributed by atoms with E-state index in [2.05, 4.69) is 29.1 Å². The predicted octanol–water partition coefficient (Wildman–Crippen LogP) is 3.13. The summed E-state index contributed by atoms with van der Waals surface area (Å²) in [4.78, 5) is 0. The van der Waals surface area contributed by atoms with E-state index in [1.165, 1.54) is 34.6 Å². The molecule has 0 nitrogen and oxygen atoms in total. The van der Waals surface area contributed by atoms with Gasteiger partial charge in [0.15, 0.2) is 0 Å². The van der Waals surface area contributed by atoms with E-state index in [9.17, 15) is 8.78 Å². The summed E-state index contributed by atoms with van der Waals surface area (Å²) >= 11 is 2.36. The van der Waals surface area contributed by atoms with Crippen molar-refractivity contribution in [1.29, 1.82) is 0 Å². The highest BCUT2D eigenvalue weighted by Crippen LogP contribution is 2.10. The molecule has 0 aliphatic heterocycles. The molecule has 0 saturated carbocycles. The number of benzene rings is 2. The number of hydrogen-bond donors (Lipinski definition) is 0. The van der Waals surface area contributed by atoms with Gasteiger partial charge in [-0.1, -0.05) is 63.8 Å². The van der Waals surface area contributed by atoms with E-state index in [-0.39, 0.29) is 11.6 Å². The molecule has 0 heterocycles. The van der Waals surface area contributed by atoms with Gasteiger partial charge < -0.3 is 0 Å². The lowest BCUT2D eigenvalue weighted by Crippen LogP contribution is -2.57. The lowest BCUT2D eigenvalue weighted by atomic mass is 10.3. The van der Waals surface area contributed by atoms with Crippen LogP contribution >= 0.6 is 22.6 Å². The molecular weight excluding hydrogens is 361 g/mol. The van der Waals surface area contributed by atoms with Crippen molar-refractivity contribution in [2.45, 2.75) is 6.55 Å². The van der Waals surface area contributed by atoms with Crippen molar-refractivity contribution >= 4 is 41.0 Å². The Balaban J connectivity index is 2.47. The van der Waals surface area contributed by atoms with E-state index in [1.807, 2.05) is 24.3 Å². The first-order valence-corrected chi connectivity index (χ1v) is 9.87. The molecule has 2 rings (SSSR count). The summed E-state index contributed by atoms with van der Waals surface area (Å²) in [5.41, 5.74) is 0. The standard InChI is InChI=1S/C14H13F2ISi/c1-18(10-17,13-6-2-11(15)3-7-13)14-8-4-12(16)5-9-14/h2-9H,10H2,1H3. The number of hydrogen-bond acceptors (Lipinski definition) is 0. The molecule has 0 radical (unpaired) electrons. The Bertz CT molecular complexity index is 477. The molecular formula is C14H13F2ISi. The van der Waals surface area contributed by atoms with Crippen LogP contribution in [0.4, 0.5) is 8.78 Å². The van der Waals surface area contributed by atoms with E-state index < -0.39 is 8.07 Å². The van der Waals surface area contributed by atoms with Gasteiger partial charge in [-0.2, -0.15) is 0 Å². The van der Waals surface area contributed by atoms with Crippen LogP contribution in [0.1, 0.15) is 0 Å². The van der Waals surface area contributed by atoms with Gasteiger partial charge in [-0.3, -0.25) is 0 Å². The summed E-state index contributed by atoms with van der Waals surface area (Å²) in [7, 11) is -1.87. The minimum atomic E-state index is -1.87. The molecule has 0 amide bonds. The van der Waals surface area contributed by atoms with Gasteiger partial charge in [0.2, 0.25) is 0 Å². The third-order valence-electron chi connectivity index (χ3n) is 3.23. The summed E-state index contributed by atoms with van der Waals surface area (Å²) in [5.74, 6) is -0.440. The van der Waals surface area contributed by atoms with Crippen LogP contribution in [-0.2, 0) is 0 Å². The van der Waals surface area contributed by atoms with Gasteiger partial charge in [-0.25, -0.2) is 8.78 Å². The van der Waals surface area contributed by atoms with Crippen molar-refractivity contribution in [2.24, 2.45) is 0 Å². The second-order valence-corrected chi connectivity index (χ2v) is 10.9. The van der Waals surface area contributed by atoms with E-state index >= 15 is 0 Å². The van der Waals surface area contributed by atoms with Crippen LogP contribution in [0.15, 0.2) is 48.5 Å². The zero-order valence-electron chi connectivity index (χ0n) is 9.96. The van der Waals surface area contributed by atoms with E-state index in [1.54, 1.807) is 0 Å². The summed E-state index contributed by atoms with van der Waals surface area (Å²) in [6.45, 7) is 2.22. The highest BCUT2D eigenvalue weighted by Gasteiger charge is 2.30. The number of halogens is 3. The van der Waals surface area contributed by atoms with Crippen LogP contribution in [-0.4, -0.2) is 12.1 Å². The molecule has 2 aromatic carbocycles. The quantitative estimate of drug-likeness (QED) is 0.440. The summed E-state index contributed by atoms with van der Waals surface area (Å²) in [6.07, 6.45) is 0. The van der Waals surface area contributed by atoms with Gasteiger partial charge in [0.05, 0.1) is 0 Å². The van der Waals surface area contributed by atoms with Gasteiger partial charge in [-0.05, 0) is 24.3 Å². The lowest BCUT2D eigenvalue weighted by Gasteiger charge is -2.26. The normalized spacial score (nSPS) is 11.6. The third-order valence-corrected chi connectivity index (χ3v) is 11.6. The molecule has 94 valence electrons. The maximum atomic E-state index is 13.0. The van der Waals surface area contributed by atoms with Crippen LogP contribution in [0.2, 0.25) is 6.55 Å². The highest BCUT2D eigenvalue weighted by atomic mass is 127. The molecule has 0 atom stereocenters. The van der Waals surface area contributed by atoms with Gasteiger partial charge in [0, 0.05) is 4.05 Å². The van der Waals surface area contributed by atoms with E-state index in [0.29, 0.717) is 0 Å². The van der Waals surface area contributed by atoms with E-state index in [0.717, 1.165) is 4.05 Å². The van der Waals surface area contributed by atoms with E-state index in [4.69, 9.17) is 0 Å². The summed E-state index contributed by atoms with van der Waals surface area (Å²) < 4.78 is 27.0. The smallest absolute Gasteiger partial charge is 0.124 e. The molecule has 0 spiro atoms. The second kappa shape index (κ2) is 5.48. The van der Waals surface area contributed by atoms with Crippen LogP contribution in [0.5, 0.6) is 0 Å². The molecule has 0 saturated heterocycles. The monoisotopic (exact) mass is 374 g/mol. The first-order chi connectivity index (χ1) is 8.56. The molecule has 0 unspecified atom stereocenters. The molecule has 18 heavy (non-hydrogen) atoms. The van der Waals surface area contributed by atoms with Crippen molar-refractivity contribution in [3.8, 4) is 0 Å². The largest absolute Gasteiger partial charge is 0.207 e. The topological polar surface area (TPSA) is 0 Å². The Hall–Kier alpha value is -0.753. The predicted molar refractivity (Wildman–Crippen MR) is 82.6 cm³/mol. The van der Waals surface area contributed by atoms with Crippen LogP contribution in [0.25, 0.3) is 0 Å². The summed E-state index contributed by atoms with van der Waals surface area (Å²) in [5, 5.41) is 2.34. The fraction of sp³-hybridized carbons (Fsp3) is 0.143.